The van der Waals surface area contributed by atoms with E-state index in [0.29, 0.717) is 19.3 Å². The second-order valence-electron chi connectivity index (χ2n) is 5.91. The van der Waals surface area contributed by atoms with Gasteiger partial charge >= 0.3 is 5.97 Å². The third-order valence-corrected chi connectivity index (χ3v) is 4.96. The summed E-state index contributed by atoms with van der Waals surface area (Å²) in [5.74, 6) is -1.53. The van der Waals surface area contributed by atoms with Crippen LogP contribution in [0.1, 0.15) is 46.2 Å². The lowest BCUT2D eigenvalue weighted by atomic mass is 10.1. The zero-order valence-corrected chi connectivity index (χ0v) is 15.9. The lowest BCUT2D eigenvalue weighted by molar-refractivity contribution is 0.0497. The van der Waals surface area contributed by atoms with Crippen molar-refractivity contribution in [2.24, 2.45) is 0 Å². The smallest absolute Gasteiger partial charge is 0.356 e. The molecule has 0 atom stereocenters. The first kappa shape index (κ1) is 20.6. The fourth-order valence-corrected chi connectivity index (χ4v) is 3.31. The quantitative estimate of drug-likeness (QED) is 0.659. The molecule has 0 spiro atoms. The lowest BCUT2D eigenvalue weighted by Gasteiger charge is -2.07. The summed E-state index contributed by atoms with van der Waals surface area (Å²) in [6.07, 6.45) is 2.84. The number of aromatic nitrogens is 1. The summed E-state index contributed by atoms with van der Waals surface area (Å²) in [6, 6.07) is 12.2. The molecule has 0 unspecified atom stereocenters. The normalized spacial score (nSPS) is 11.0. The maximum Gasteiger partial charge on any atom is 0.356 e. The second kappa shape index (κ2) is 9.82. The Labute approximate surface area is 158 Å². The third kappa shape index (κ3) is 6.82. The maximum atomic E-state index is 12.1. The Balaban J connectivity index is 1.88. The van der Waals surface area contributed by atoms with Crippen molar-refractivity contribution in [2.45, 2.75) is 26.2 Å². The molecule has 0 fully saturated rings. The number of hydrogen-bond acceptors (Lipinski definition) is 6. The number of aryl methyl sites for hydroxylation is 1. The van der Waals surface area contributed by atoms with Crippen molar-refractivity contribution in [1.29, 1.82) is 0 Å². The van der Waals surface area contributed by atoms with Crippen LogP contribution in [0.25, 0.3) is 0 Å². The van der Waals surface area contributed by atoms with Crippen molar-refractivity contribution in [3.8, 4) is 0 Å². The van der Waals surface area contributed by atoms with E-state index in [4.69, 9.17) is 4.74 Å². The Hall–Kier alpha value is -2.74. The molecule has 0 aliphatic heterocycles. The summed E-state index contributed by atoms with van der Waals surface area (Å²) in [6.45, 7) is 2.15. The van der Waals surface area contributed by atoms with E-state index >= 15 is 0 Å². The number of sulfonamides is 1. The Morgan fingerprint density at radius 2 is 1.85 bits per heavy atom. The molecule has 2 aromatic rings. The van der Waals surface area contributed by atoms with E-state index in [0.717, 1.165) is 11.8 Å². The van der Waals surface area contributed by atoms with Crippen LogP contribution in [0.3, 0.4) is 0 Å². The third-order valence-electron chi connectivity index (χ3n) is 3.64. The molecule has 1 heterocycles. The monoisotopic (exact) mass is 390 g/mol. The van der Waals surface area contributed by atoms with E-state index in [1.807, 2.05) is 42.0 Å². The van der Waals surface area contributed by atoms with Crippen molar-refractivity contribution < 1.29 is 22.7 Å². The molecule has 144 valence electrons. The highest BCUT2D eigenvalue weighted by molar-refractivity contribution is 7.90. The lowest BCUT2D eigenvalue weighted by Crippen LogP contribution is -2.32. The number of rotatable bonds is 9. The number of hydrogen-bond donors (Lipinski definition) is 1. The summed E-state index contributed by atoms with van der Waals surface area (Å²) in [7, 11) is -3.76. The van der Waals surface area contributed by atoms with Crippen LogP contribution in [-0.2, 0) is 21.2 Å². The number of esters is 1. The Kier molecular flexibility index (Phi) is 7.48. The molecule has 0 aliphatic rings. The van der Waals surface area contributed by atoms with Gasteiger partial charge in [0.2, 0.25) is 10.0 Å². The molecule has 1 N–H and O–H groups in total. The van der Waals surface area contributed by atoms with Gasteiger partial charge in [-0.3, -0.25) is 4.79 Å². The largest absolute Gasteiger partial charge is 0.461 e. The summed E-state index contributed by atoms with van der Waals surface area (Å²) < 4.78 is 31.1. The SMILES string of the molecule is CCCOC(=O)c1ccc(C(=O)NS(=O)(=O)CCCc2ccccc2)cn1. The Morgan fingerprint density at radius 3 is 2.48 bits per heavy atom. The first-order valence-corrected chi connectivity index (χ1v) is 10.3. The summed E-state index contributed by atoms with van der Waals surface area (Å²) in [4.78, 5) is 27.6. The van der Waals surface area contributed by atoms with Crippen LogP contribution in [0.2, 0.25) is 0 Å². The summed E-state index contributed by atoms with van der Waals surface area (Å²) >= 11 is 0. The number of carbonyl (C=O) groups is 2. The van der Waals surface area contributed by atoms with Gasteiger partial charge in [0, 0.05) is 6.20 Å². The second-order valence-corrected chi connectivity index (χ2v) is 7.75. The molecule has 27 heavy (non-hydrogen) atoms. The number of pyridine rings is 1. The molecule has 0 radical (unpaired) electrons. The van der Waals surface area contributed by atoms with Gasteiger partial charge in [-0.2, -0.15) is 0 Å². The highest BCUT2D eigenvalue weighted by Crippen LogP contribution is 2.06. The number of ether oxygens (including phenoxy) is 1. The van der Waals surface area contributed by atoms with Gasteiger partial charge < -0.3 is 4.74 Å². The van der Waals surface area contributed by atoms with Crippen molar-refractivity contribution in [3.05, 3.63) is 65.5 Å². The zero-order valence-electron chi connectivity index (χ0n) is 15.1. The molecule has 0 saturated carbocycles. The minimum absolute atomic E-state index is 0.0497. The van der Waals surface area contributed by atoms with Gasteiger partial charge in [-0.25, -0.2) is 22.9 Å². The van der Waals surface area contributed by atoms with E-state index in [-0.39, 0.29) is 23.6 Å². The van der Waals surface area contributed by atoms with E-state index in [9.17, 15) is 18.0 Å². The highest BCUT2D eigenvalue weighted by Gasteiger charge is 2.17. The number of nitrogens with zero attached hydrogens (tertiary/aromatic N) is 1. The molecular formula is C19H22N2O5S. The van der Waals surface area contributed by atoms with Crippen LogP contribution < -0.4 is 4.72 Å². The topological polar surface area (TPSA) is 102 Å². The average Bonchev–Trinajstić information content (AvgIpc) is 2.66. The predicted molar refractivity (Wildman–Crippen MR) is 101 cm³/mol. The fourth-order valence-electron chi connectivity index (χ4n) is 2.28. The fraction of sp³-hybridized carbons (Fsp3) is 0.316. The van der Waals surface area contributed by atoms with Gasteiger partial charge in [-0.05, 0) is 37.0 Å². The Bertz CT molecular complexity index is 865. The van der Waals surface area contributed by atoms with E-state index in [1.165, 1.54) is 12.1 Å². The van der Waals surface area contributed by atoms with Crippen molar-refractivity contribution in [3.63, 3.8) is 0 Å². The first-order valence-electron chi connectivity index (χ1n) is 8.63. The van der Waals surface area contributed by atoms with Crippen LogP contribution in [0.5, 0.6) is 0 Å². The van der Waals surface area contributed by atoms with Gasteiger partial charge in [0.1, 0.15) is 5.69 Å². The Morgan fingerprint density at radius 1 is 1.11 bits per heavy atom. The maximum absolute atomic E-state index is 12.1. The number of carbonyl (C=O) groups excluding carboxylic acids is 2. The molecule has 1 aromatic carbocycles. The summed E-state index contributed by atoms with van der Waals surface area (Å²) in [5, 5.41) is 0. The van der Waals surface area contributed by atoms with Crippen molar-refractivity contribution >= 4 is 21.9 Å². The molecular weight excluding hydrogens is 368 g/mol. The van der Waals surface area contributed by atoms with E-state index in [2.05, 4.69) is 4.98 Å². The predicted octanol–water partition coefficient (Wildman–Crippen LogP) is 2.34. The van der Waals surface area contributed by atoms with Gasteiger partial charge in [-0.15, -0.1) is 0 Å². The van der Waals surface area contributed by atoms with Crippen LogP contribution in [-0.4, -0.2) is 37.6 Å². The van der Waals surface area contributed by atoms with Gasteiger partial charge in [0.15, 0.2) is 0 Å². The number of nitrogens with one attached hydrogen (secondary N) is 1. The number of benzene rings is 1. The highest BCUT2D eigenvalue weighted by atomic mass is 32.2. The van der Waals surface area contributed by atoms with Crippen molar-refractivity contribution in [2.75, 3.05) is 12.4 Å². The molecule has 7 nitrogen and oxygen atoms in total. The summed E-state index contributed by atoms with van der Waals surface area (Å²) in [5.41, 5.74) is 1.15. The molecule has 0 bridgehead atoms. The van der Waals surface area contributed by atoms with Crippen LogP contribution in [0.4, 0.5) is 0 Å². The van der Waals surface area contributed by atoms with Crippen LogP contribution >= 0.6 is 0 Å². The van der Waals surface area contributed by atoms with E-state index in [1.54, 1.807) is 0 Å². The molecule has 2 rings (SSSR count). The molecule has 8 heteroatoms. The first-order chi connectivity index (χ1) is 12.9. The van der Waals surface area contributed by atoms with Crippen LogP contribution in [0, 0.1) is 0 Å². The average molecular weight is 390 g/mol. The minimum atomic E-state index is -3.76. The van der Waals surface area contributed by atoms with Crippen LogP contribution in [0.15, 0.2) is 48.7 Å². The van der Waals surface area contributed by atoms with Gasteiger partial charge in [-0.1, -0.05) is 37.3 Å². The van der Waals surface area contributed by atoms with Crippen molar-refractivity contribution in [1.82, 2.24) is 9.71 Å². The molecule has 1 aromatic heterocycles. The van der Waals surface area contributed by atoms with Gasteiger partial charge in [0.05, 0.1) is 17.9 Å². The number of amides is 1. The zero-order chi connectivity index (χ0) is 19.7. The van der Waals surface area contributed by atoms with Gasteiger partial charge in [0.25, 0.3) is 5.91 Å². The molecule has 0 aliphatic carbocycles. The molecule has 1 amide bonds. The standard InChI is InChI=1S/C19H22N2O5S/c1-2-12-26-19(23)17-11-10-16(14-20-17)18(22)21-27(24,25)13-6-9-15-7-4-3-5-8-15/h3-5,7-8,10-11,14H,2,6,9,12-13H2,1H3,(H,21,22). The minimum Gasteiger partial charge on any atom is -0.461 e. The van der Waals surface area contributed by atoms with E-state index < -0.39 is 21.9 Å². The molecule has 0 saturated heterocycles.